The van der Waals surface area contributed by atoms with E-state index in [1.165, 1.54) is 5.06 Å². The summed E-state index contributed by atoms with van der Waals surface area (Å²) >= 11 is 0. The van der Waals surface area contributed by atoms with Crippen LogP contribution in [-0.4, -0.2) is 36.4 Å². The normalized spacial score (nSPS) is 21.4. The number of hydroxylamine groups is 2. The highest BCUT2D eigenvalue weighted by Gasteiger charge is 2.46. The molecule has 1 fully saturated rings. The summed E-state index contributed by atoms with van der Waals surface area (Å²) in [6.45, 7) is 10.3. The van der Waals surface area contributed by atoms with Gasteiger partial charge in [0.25, 0.3) is 0 Å². The summed E-state index contributed by atoms with van der Waals surface area (Å²) in [4.78, 5) is 22.1. The summed E-state index contributed by atoms with van der Waals surface area (Å²) in [5.74, 6) is -1.01. The SMILES string of the molecule is CC(C)(C)[Si](C)(C)ON1C(=O)CC1CC(=O)O. The van der Waals surface area contributed by atoms with Crippen molar-refractivity contribution in [1.82, 2.24) is 5.06 Å². The number of carboxylic acid groups (broad SMARTS) is 1. The molecule has 0 saturated carbocycles. The second-order valence-electron chi connectivity index (χ2n) is 6.03. The number of hydrogen-bond donors (Lipinski definition) is 1. The number of amides is 1. The maximum Gasteiger partial charge on any atom is 0.305 e. The summed E-state index contributed by atoms with van der Waals surface area (Å²) in [6.07, 6.45) is 0.237. The van der Waals surface area contributed by atoms with E-state index in [-0.39, 0.29) is 29.8 Å². The van der Waals surface area contributed by atoms with E-state index in [0.717, 1.165) is 0 Å². The third kappa shape index (κ3) is 3.07. The fourth-order valence-corrected chi connectivity index (χ4v) is 2.35. The largest absolute Gasteiger partial charge is 0.481 e. The van der Waals surface area contributed by atoms with E-state index in [9.17, 15) is 9.59 Å². The van der Waals surface area contributed by atoms with Gasteiger partial charge in [-0.05, 0) is 18.1 Å². The van der Waals surface area contributed by atoms with Gasteiger partial charge in [0, 0.05) is 0 Å². The Morgan fingerprint density at radius 3 is 2.41 bits per heavy atom. The Hall–Kier alpha value is -0.883. The zero-order valence-corrected chi connectivity index (χ0v) is 12.1. The lowest BCUT2D eigenvalue weighted by atomic mass is 10.0. The van der Waals surface area contributed by atoms with Crippen molar-refractivity contribution in [2.75, 3.05) is 0 Å². The van der Waals surface area contributed by atoms with Crippen molar-refractivity contribution in [2.45, 2.75) is 57.8 Å². The van der Waals surface area contributed by atoms with Crippen molar-refractivity contribution in [1.29, 1.82) is 0 Å². The predicted molar refractivity (Wildman–Crippen MR) is 65.8 cm³/mol. The summed E-state index contributed by atoms with van der Waals surface area (Å²) in [5.41, 5.74) is 0. The van der Waals surface area contributed by atoms with Crippen LogP contribution < -0.4 is 0 Å². The van der Waals surface area contributed by atoms with Crippen LogP contribution in [0.25, 0.3) is 0 Å². The van der Waals surface area contributed by atoms with Crippen LogP contribution in [0.15, 0.2) is 0 Å². The summed E-state index contributed by atoms with van der Waals surface area (Å²) < 4.78 is 5.82. The number of carbonyl (C=O) groups excluding carboxylic acids is 1. The molecule has 1 N–H and O–H groups in total. The average Bonchev–Trinajstić information content (AvgIpc) is 2.11. The molecule has 98 valence electrons. The van der Waals surface area contributed by atoms with Gasteiger partial charge < -0.3 is 9.63 Å². The number of β-lactam (4-membered cyclic amide) rings is 1. The first-order valence-electron chi connectivity index (χ1n) is 5.77. The monoisotopic (exact) mass is 259 g/mol. The fraction of sp³-hybridized carbons (Fsp3) is 0.818. The van der Waals surface area contributed by atoms with Crippen molar-refractivity contribution >= 4 is 20.2 Å². The topological polar surface area (TPSA) is 66.8 Å². The van der Waals surface area contributed by atoms with Crippen LogP contribution in [-0.2, 0) is 14.1 Å². The van der Waals surface area contributed by atoms with Gasteiger partial charge in [-0.1, -0.05) is 20.8 Å². The quantitative estimate of drug-likeness (QED) is 0.619. The van der Waals surface area contributed by atoms with Crippen molar-refractivity contribution in [3.05, 3.63) is 0 Å². The predicted octanol–water partition coefficient (Wildman–Crippen LogP) is 2.00. The van der Waals surface area contributed by atoms with Crippen molar-refractivity contribution in [3.63, 3.8) is 0 Å². The van der Waals surface area contributed by atoms with Crippen molar-refractivity contribution in [2.24, 2.45) is 0 Å². The van der Waals surface area contributed by atoms with Gasteiger partial charge in [0.05, 0.1) is 18.9 Å². The van der Waals surface area contributed by atoms with Crippen molar-refractivity contribution in [3.8, 4) is 0 Å². The van der Waals surface area contributed by atoms with E-state index in [1.54, 1.807) is 0 Å². The maximum atomic E-state index is 11.5. The minimum Gasteiger partial charge on any atom is -0.481 e. The van der Waals surface area contributed by atoms with Gasteiger partial charge in [0.2, 0.25) is 14.2 Å². The molecule has 0 radical (unpaired) electrons. The van der Waals surface area contributed by atoms with Crippen LogP contribution in [0, 0.1) is 0 Å². The van der Waals surface area contributed by atoms with E-state index < -0.39 is 14.3 Å². The molecule has 0 aliphatic carbocycles. The van der Waals surface area contributed by atoms with Crippen LogP contribution >= 0.6 is 0 Å². The van der Waals surface area contributed by atoms with Gasteiger partial charge in [0.1, 0.15) is 0 Å². The molecule has 6 heteroatoms. The second-order valence-corrected chi connectivity index (χ2v) is 10.7. The van der Waals surface area contributed by atoms with E-state index >= 15 is 0 Å². The standard InChI is InChI=1S/C11H21NO4Si/c1-11(2,3)17(4,5)16-12-8(6-9(12)13)7-10(14)15/h8H,6-7H2,1-5H3,(H,14,15). The molecule has 1 atom stereocenters. The number of carbonyl (C=O) groups is 2. The second kappa shape index (κ2) is 4.42. The lowest BCUT2D eigenvalue weighted by Gasteiger charge is -2.46. The molecular weight excluding hydrogens is 238 g/mol. The molecule has 0 aromatic carbocycles. The van der Waals surface area contributed by atoms with E-state index in [4.69, 9.17) is 9.63 Å². The van der Waals surface area contributed by atoms with Crippen LogP contribution in [0.3, 0.4) is 0 Å². The molecule has 0 spiro atoms. The Kier molecular flexibility index (Phi) is 3.68. The number of hydrogen-bond acceptors (Lipinski definition) is 3. The highest BCUT2D eigenvalue weighted by molar-refractivity contribution is 6.74. The number of aliphatic carboxylic acids is 1. The van der Waals surface area contributed by atoms with Crippen LogP contribution in [0.4, 0.5) is 0 Å². The molecule has 1 unspecified atom stereocenters. The van der Waals surface area contributed by atoms with E-state index in [1.807, 2.05) is 13.1 Å². The number of carboxylic acids is 1. The third-order valence-corrected chi connectivity index (χ3v) is 7.80. The summed E-state index contributed by atoms with van der Waals surface area (Å²) in [7, 11) is -2.06. The first-order chi connectivity index (χ1) is 7.54. The summed E-state index contributed by atoms with van der Waals surface area (Å²) in [5, 5.41) is 10.0. The van der Waals surface area contributed by atoms with Gasteiger partial charge in [-0.25, -0.2) is 5.06 Å². The van der Waals surface area contributed by atoms with Gasteiger partial charge in [-0.3, -0.25) is 9.59 Å². The van der Waals surface area contributed by atoms with Gasteiger partial charge in [-0.15, -0.1) is 0 Å². The Morgan fingerprint density at radius 2 is 2.06 bits per heavy atom. The van der Waals surface area contributed by atoms with Crippen LogP contribution in [0.2, 0.25) is 18.1 Å². The third-order valence-electron chi connectivity index (χ3n) is 3.53. The number of nitrogens with zero attached hydrogens (tertiary/aromatic N) is 1. The highest BCUT2D eigenvalue weighted by Crippen LogP contribution is 2.39. The Morgan fingerprint density at radius 1 is 1.53 bits per heavy atom. The minimum atomic E-state index is -2.06. The molecule has 0 bridgehead atoms. The molecule has 5 nitrogen and oxygen atoms in total. The Labute approximate surface area is 103 Å². The molecular formula is C11H21NO4Si. The zero-order chi connectivity index (χ0) is 13.4. The molecule has 17 heavy (non-hydrogen) atoms. The first-order valence-corrected chi connectivity index (χ1v) is 8.68. The molecule has 1 heterocycles. The molecule has 1 amide bonds. The molecule has 1 aliphatic rings. The highest BCUT2D eigenvalue weighted by atomic mass is 28.4. The average molecular weight is 259 g/mol. The van der Waals surface area contributed by atoms with Crippen LogP contribution in [0.1, 0.15) is 33.6 Å². The molecule has 1 aliphatic heterocycles. The van der Waals surface area contributed by atoms with Gasteiger partial charge in [0.15, 0.2) is 0 Å². The minimum absolute atomic E-state index is 0.00333. The van der Waals surface area contributed by atoms with E-state index in [2.05, 4.69) is 20.8 Å². The lowest BCUT2D eigenvalue weighted by Crippen LogP contribution is -2.59. The van der Waals surface area contributed by atoms with Crippen LogP contribution in [0.5, 0.6) is 0 Å². The maximum absolute atomic E-state index is 11.5. The Balaban J connectivity index is 2.67. The van der Waals surface area contributed by atoms with E-state index in [0.29, 0.717) is 0 Å². The zero-order valence-electron chi connectivity index (χ0n) is 11.1. The smallest absolute Gasteiger partial charge is 0.305 e. The first kappa shape index (κ1) is 14.2. The Bertz CT molecular complexity index is 335. The van der Waals surface area contributed by atoms with Crippen molar-refractivity contribution < 1.29 is 19.2 Å². The molecule has 1 saturated heterocycles. The molecule has 1 rings (SSSR count). The molecule has 0 aromatic rings. The fourth-order valence-electron chi connectivity index (χ4n) is 1.33. The molecule has 0 aromatic heterocycles. The summed E-state index contributed by atoms with van der Waals surface area (Å²) in [6, 6.07) is -0.297. The van der Waals surface area contributed by atoms with Gasteiger partial charge >= 0.3 is 5.97 Å². The lowest BCUT2D eigenvalue weighted by molar-refractivity contribution is -0.196. The van der Waals surface area contributed by atoms with Gasteiger partial charge in [-0.2, -0.15) is 0 Å². The number of rotatable bonds is 4.